The van der Waals surface area contributed by atoms with Crippen LogP contribution in [-0.2, 0) is 11.2 Å². The van der Waals surface area contributed by atoms with Crippen molar-refractivity contribution in [3.05, 3.63) is 17.7 Å². The largest absolute Gasteiger partial charge is 0.397 e. The van der Waals surface area contributed by atoms with Crippen LogP contribution in [0.25, 0.3) is 0 Å². The molecule has 3 rings (SSSR count). The van der Waals surface area contributed by atoms with Crippen LogP contribution in [0.2, 0.25) is 0 Å². The molecule has 1 aliphatic heterocycles. The predicted molar refractivity (Wildman–Crippen MR) is 87.6 cm³/mol. The van der Waals surface area contributed by atoms with E-state index in [1.54, 1.807) is 0 Å². The zero-order valence-corrected chi connectivity index (χ0v) is 13.0. The van der Waals surface area contributed by atoms with Crippen LogP contribution in [0, 0.1) is 5.92 Å². The van der Waals surface area contributed by atoms with Gasteiger partial charge in [-0.2, -0.15) is 0 Å². The maximum Gasteiger partial charge on any atom is 0.228 e. The average Bonchev–Trinajstić information content (AvgIpc) is 3.03. The third-order valence-electron chi connectivity index (χ3n) is 4.51. The molecule has 1 aromatic carbocycles. The monoisotopic (exact) mass is 287 g/mol. The first-order valence-corrected chi connectivity index (χ1v) is 8.03. The van der Waals surface area contributed by atoms with Gasteiger partial charge in [0.1, 0.15) is 0 Å². The number of fused-ring (bicyclic) bond motifs is 1. The smallest absolute Gasteiger partial charge is 0.228 e. The third kappa shape index (κ3) is 2.85. The molecule has 0 spiro atoms. The summed E-state index contributed by atoms with van der Waals surface area (Å²) in [7, 11) is 0. The minimum atomic E-state index is 0.0674. The Morgan fingerprint density at radius 3 is 2.71 bits per heavy atom. The Kier molecular flexibility index (Phi) is 3.79. The van der Waals surface area contributed by atoms with E-state index in [0.717, 1.165) is 29.2 Å². The standard InChI is InChI=1S/C17H25N3O/c1-11(2)10-20(13-5-3-4-6-13)16-9-15-12(7-14(16)18)8-17(21)19-15/h7,9,11,13H,3-6,8,10,18H2,1-2H3,(H,19,21). The van der Waals surface area contributed by atoms with Gasteiger partial charge in [-0.3, -0.25) is 4.79 Å². The molecule has 1 saturated carbocycles. The van der Waals surface area contributed by atoms with Crippen LogP contribution < -0.4 is 16.0 Å². The highest BCUT2D eigenvalue weighted by Crippen LogP contribution is 2.37. The van der Waals surface area contributed by atoms with Gasteiger partial charge in [0.2, 0.25) is 5.91 Å². The first-order valence-electron chi connectivity index (χ1n) is 8.03. The van der Waals surface area contributed by atoms with Gasteiger partial charge in [0.15, 0.2) is 0 Å². The highest BCUT2D eigenvalue weighted by molar-refractivity contribution is 6.01. The molecular formula is C17H25N3O. The zero-order chi connectivity index (χ0) is 15.0. The second-order valence-electron chi connectivity index (χ2n) is 6.78. The summed E-state index contributed by atoms with van der Waals surface area (Å²) in [6.07, 6.45) is 5.56. The maximum absolute atomic E-state index is 11.6. The summed E-state index contributed by atoms with van der Waals surface area (Å²) in [5, 5.41) is 2.94. The number of nitrogens with one attached hydrogen (secondary N) is 1. The lowest BCUT2D eigenvalue weighted by atomic mass is 10.1. The summed E-state index contributed by atoms with van der Waals surface area (Å²) < 4.78 is 0. The van der Waals surface area contributed by atoms with E-state index in [0.29, 0.717) is 18.4 Å². The molecule has 1 aromatic rings. The first kappa shape index (κ1) is 14.2. The Morgan fingerprint density at radius 2 is 2.05 bits per heavy atom. The van der Waals surface area contributed by atoms with E-state index < -0.39 is 0 Å². The summed E-state index contributed by atoms with van der Waals surface area (Å²) in [5.41, 5.74) is 10.2. The Bertz CT molecular complexity index is 547. The Balaban J connectivity index is 1.95. The molecule has 0 radical (unpaired) electrons. The Morgan fingerprint density at radius 1 is 1.33 bits per heavy atom. The molecule has 0 atom stereocenters. The molecule has 1 aliphatic carbocycles. The van der Waals surface area contributed by atoms with Crippen LogP contribution in [0.1, 0.15) is 45.1 Å². The lowest BCUT2D eigenvalue weighted by Gasteiger charge is -2.34. The van der Waals surface area contributed by atoms with Gasteiger partial charge in [-0.25, -0.2) is 0 Å². The van der Waals surface area contributed by atoms with Crippen molar-refractivity contribution in [2.24, 2.45) is 5.92 Å². The normalized spacial score (nSPS) is 18.1. The molecule has 114 valence electrons. The van der Waals surface area contributed by atoms with Crippen molar-refractivity contribution in [2.45, 2.75) is 52.0 Å². The van der Waals surface area contributed by atoms with Crippen molar-refractivity contribution >= 4 is 23.0 Å². The Labute approximate surface area is 126 Å². The number of rotatable bonds is 4. The number of nitrogen functional groups attached to an aromatic ring is 1. The number of hydrogen-bond acceptors (Lipinski definition) is 3. The maximum atomic E-state index is 11.6. The van der Waals surface area contributed by atoms with Crippen LogP contribution in [0.5, 0.6) is 0 Å². The van der Waals surface area contributed by atoms with Gasteiger partial charge in [0, 0.05) is 18.3 Å². The number of hydrogen-bond donors (Lipinski definition) is 2. The van der Waals surface area contributed by atoms with E-state index in [9.17, 15) is 4.79 Å². The van der Waals surface area contributed by atoms with Crippen LogP contribution in [0.3, 0.4) is 0 Å². The van der Waals surface area contributed by atoms with Crippen molar-refractivity contribution in [1.82, 2.24) is 0 Å². The number of nitrogens with two attached hydrogens (primary N) is 1. The first-order chi connectivity index (χ1) is 10.0. The van der Waals surface area contributed by atoms with E-state index in [1.165, 1.54) is 25.7 Å². The number of nitrogens with zero attached hydrogens (tertiary/aromatic N) is 1. The molecule has 4 heteroatoms. The minimum Gasteiger partial charge on any atom is -0.397 e. The van der Waals surface area contributed by atoms with E-state index in [-0.39, 0.29) is 5.91 Å². The van der Waals surface area contributed by atoms with Crippen LogP contribution in [-0.4, -0.2) is 18.5 Å². The molecule has 0 unspecified atom stereocenters. The van der Waals surface area contributed by atoms with E-state index in [2.05, 4.69) is 30.1 Å². The number of benzene rings is 1. The minimum absolute atomic E-state index is 0.0674. The van der Waals surface area contributed by atoms with Gasteiger partial charge in [-0.05, 0) is 36.5 Å². The number of amides is 1. The molecule has 0 saturated heterocycles. The summed E-state index contributed by atoms with van der Waals surface area (Å²) in [6, 6.07) is 4.64. The van der Waals surface area contributed by atoms with Crippen molar-refractivity contribution in [3.8, 4) is 0 Å². The van der Waals surface area contributed by atoms with Crippen molar-refractivity contribution in [1.29, 1.82) is 0 Å². The van der Waals surface area contributed by atoms with Crippen molar-refractivity contribution in [3.63, 3.8) is 0 Å². The molecule has 1 heterocycles. The van der Waals surface area contributed by atoms with Crippen LogP contribution in [0.15, 0.2) is 12.1 Å². The fraction of sp³-hybridized carbons (Fsp3) is 0.588. The van der Waals surface area contributed by atoms with E-state index in [4.69, 9.17) is 5.73 Å². The average molecular weight is 287 g/mol. The molecule has 2 aliphatic rings. The molecular weight excluding hydrogens is 262 g/mol. The van der Waals surface area contributed by atoms with Crippen molar-refractivity contribution in [2.75, 3.05) is 22.5 Å². The lowest BCUT2D eigenvalue weighted by Crippen LogP contribution is -2.36. The zero-order valence-electron chi connectivity index (χ0n) is 13.0. The second kappa shape index (κ2) is 5.58. The van der Waals surface area contributed by atoms with Gasteiger partial charge >= 0.3 is 0 Å². The number of anilines is 3. The summed E-state index contributed by atoms with van der Waals surface area (Å²) in [5.74, 6) is 0.658. The van der Waals surface area contributed by atoms with Crippen LogP contribution >= 0.6 is 0 Å². The topological polar surface area (TPSA) is 58.4 Å². The molecule has 0 aromatic heterocycles. The highest BCUT2D eigenvalue weighted by atomic mass is 16.1. The molecule has 1 amide bonds. The molecule has 21 heavy (non-hydrogen) atoms. The number of carbonyl (C=O) groups is 1. The van der Waals surface area contributed by atoms with Gasteiger partial charge < -0.3 is 16.0 Å². The van der Waals surface area contributed by atoms with Gasteiger partial charge in [-0.1, -0.05) is 26.7 Å². The Hall–Kier alpha value is -1.71. The summed E-state index contributed by atoms with van der Waals surface area (Å²) in [6.45, 7) is 5.50. The molecule has 3 N–H and O–H groups in total. The van der Waals surface area contributed by atoms with Gasteiger partial charge in [-0.15, -0.1) is 0 Å². The van der Waals surface area contributed by atoms with Crippen LogP contribution in [0.4, 0.5) is 17.1 Å². The third-order valence-corrected chi connectivity index (χ3v) is 4.51. The SMILES string of the molecule is CC(C)CN(c1cc2c(cc1N)CC(=O)N2)C1CCCC1. The molecule has 1 fully saturated rings. The quantitative estimate of drug-likeness (QED) is 0.836. The number of carbonyl (C=O) groups excluding carboxylic acids is 1. The second-order valence-corrected chi connectivity index (χ2v) is 6.78. The van der Waals surface area contributed by atoms with E-state index in [1.807, 2.05) is 6.07 Å². The highest BCUT2D eigenvalue weighted by Gasteiger charge is 2.27. The summed E-state index contributed by atoms with van der Waals surface area (Å²) in [4.78, 5) is 14.0. The fourth-order valence-electron chi connectivity index (χ4n) is 3.58. The van der Waals surface area contributed by atoms with Gasteiger partial charge in [0.25, 0.3) is 0 Å². The van der Waals surface area contributed by atoms with Crippen molar-refractivity contribution < 1.29 is 4.79 Å². The lowest BCUT2D eigenvalue weighted by molar-refractivity contribution is -0.115. The van der Waals surface area contributed by atoms with Gasteiger partial charge in [0.05, 0.1) is 17.8 Å². The summed E-state index contributed by atoms with van der Waals surface area (Å²) >= 11 is 0. The molecule has 0 bridgehead atoms. The van der Waals surface area contributed by atoms with E-state index >= 15 is 0 Å². The fourth-order valence-corrected chi connectivity index (χ4v) is 3.58. The predicted octanol–water partition coefficient (Wildman–Crippen LogP) is 3.17. The molecule has 4 nitrogen and oxygen atoms in total.